The maximum absolute atomic E-state index is 12.4. The Kier molecular flexibility index (Phi) is 5.62. The van der Waals surface area contributed by atoms with Gasteiger partial charge >= 0.3 is 0 Å². The second-order valence-corrected chi connectivity index (χ2v) is 5.99. The van der Waals surface area contributed by atoms with Gasteiger partial charge in [0.05, 0.1) is 11.7 Å². The highest BCUT2D eigenvalue weighted by atomic mass is 16.5. The molecule has 2 atom stereocenters. The Morgan fingerprint density at radius 1 is 1.38 bits per heavy atom. The van der Waals surface area contributed by atoms with Crippen LogP contribution in [0, 0.1) is 11.8 Å². The average Bonchev–Trinajstić information content (AvgIpc) is 2.52. The molecule has 4 heteroatoms. The minimum atomic E-state index is -0.0203. The fraction of sp³-hybridized carbons (Fsp3) is 0.588. The van der Waals surface area contributed by atoms with Crippen molar-refractivity contribution in [2.75, 3.05) is 25.5 Å². The van der Waals surface area contributed by atoms with Gasteiger partial charge in [0.25, 0.3) is 5.91 Å². The molecule has 1 aromatic carbocycles. The second kappa shape index (κ2) is 7.46. The smallest absolute Gasteiger partial charge is 0.253 e. The first-order valence-electron chi connectivity index (χ1n) is 7.80. The second-order valence-electron chi connectivity index (χ2n) is 5.99. The van der Waals surface area contributed by atoms with Crippen LogP contribution in [0.2, 0.25) is 0 Å². The summed E-state index contributed by atoms with van der Waals surface area (Å²) < 4.78 is 5.87. The topological polar surface area (TPSA) is 50.4 Å². The van der Waals surface area contributed by atoms with Crippen molar-refractivity contribution < 1.29 is 9.53 Å². The number of ether oxygens (including phenoxy) is 1. The molecule has 1 fully saturated rings. The Bertz CT molecular complexity index is 474. The van der Waals surface area contributed by atoms with Crippen molar-refractivity contribution in [1.29, 1.82) is 0 Å². The molecule has 1 saturated heterocycles. The van der Waals surface area contributed by atoms with E-state index >= 15 is 0 Å². The van der Waals surface area contributed by atoms with Gasteiger partial charge in [-0.15, -0.1) is 0 Å². The third-order valence-electron chi connectivity index (χ3n) is 4.12. The lowest BCUT2D eigenvalue weighted by atomic mass is 9.87. The fourth-order valence-electron chi connectivity index (χ4n) is 3.04. The molecule has 0 bridgehead atoms. The molecule has 0 spiro atoms. The number of anilines is 1. The number of rotatable bonds is 5. The van der Waals surface area contributed by atoms with Crippen LogP contribution in [0.1, 0.15) is 37.0 Å². The van der Waals surface area contributed by atoms with Crippen molar-refractivity contribution in [3.63, 3.8) is 0 Å². The van der Waals surface area contributed by atoms with Crippen molar-refractivity contribution >= 4 is 11.6 Å². The van der Waals surface area contributed by atoms with E-state index in [4.69, 9.17) is 4.74 Å². The van der Waals surface area contributed by atoms with Crippen LogP contribution in [0.5, 0.6) is 0 Å². The monoisotopic (exact) mass is 290 g/mol. The Morgan fingerprint density at radius 3 is 2.86 bits per heavy atom. The molecule has 2 N–H and O–H groups in total. The average molecular weight is 290 g/mol. The summed E-state index contributed by atoms with van der Waals surface area (Å²) in [6.45, 7) is 5.89. The number of benzene rings is 1. The molecular weight excluding hydrogens is 264 g/mol. The summed E-state index contributed by atoms with van der Waals surface area (Å²) >= 11 is 0. The van der Waals surface area contributed by atoms with Gasteiger partial charge in [-0.25, -0.2) is 0 Å². The maximum atomic E-state index is 12.4. The third-order valence-corrected chi connectivity index (χ3v) is 4.12. The first-order chi connectivity index (χ1) is 10.1. The van der Waals surface area contributed by atoms with E-state index in [-0.39, 0.29) is 12.0 Å². The van der Waals surface area contributed by atoms with Crippen molar-refractivity contribution in [1.82, 2.24) is 5.32 Å². The standard InChI is InChI=1S/C17H26N2O2/c1-12(2)16-13(7-6-10-21-16)11-19-17(20)14-8-4-5-9-15(14)18-3/h4-5,8-9,12-13,16,18H,6-7,10-11H2,1-3H3,(H,19,20). The van der Waals surface area contributed by atoms with E-state index in [1.54, 1.807) is 0 Å². The van der Waals surface area contributed by atoms with Crippen molar-refractivity contribution in [2.45, 2.75) is 32.8 Å². The molecule has 0 radical (unpaired) electrons. The SMILES string of the molecule is CNc1ccccc1C(=O)NCC1CCCOC1C(C)C. The Balaban J connectivity index is 1.96. The molecule has 2 unspecified atom stereocenters. The van der Waals surface area contributed by atoms with E-state index in [0.717, 1.165) is 25.1 Å². The number of carbonyl (C=O) groups is 1. The molecule has 1 aromatic rings. The van der Waals surface area contributed by atoms with Gasteiger partial charge in [0, 0.05) is 31.8 Å². The largest absolute Gasteiger partial charge is 0.387 e. The molecule has 2 rings (SSSR count). The molecule has 1 amide bonds. The highest BCUT2D eigenvalue weighted by molar-refractivity contribution is 5.99. The molecular formula is C17H26N2O2. The highest BCUT2D eigenvalue weighted by Gasteiger charge is 2.28. The molecule has 0 aromatic heterocycles. The molecule has 0 aliphatic carbocycles. The van der Waals surface area contributed by atoms with Crippen LogP contribution in [0.4, 0.5) is 5.69 Å². The summed E-state index contributed by atoms with van der Waals surface area (Å²) in [6.07, 6.45) is 2.45. The van der Waals surface area contributed by atoms with E-state index < -0.39 is 0 Å². The summed E-state index contributed by atoms with van der Waals surface area (Å²) in [7, 11) is 1.83. The van der Waals surface area contributed by atoms with Gasteiger partial charge in [-0.05, 0) is 30.9 Å². The number of hydrogen-bond acceptors (Lipinski definition) is 3. The van der Waals surface area contributed by atoms with Crippen molar-refractivity contribution in [2.24, 2.45) is 11.8 Å². The Hall–Kier alpha value is -1.55. The van der Waals surface area contributed by atoms with Crippen LogP contribution in [-0.4, -0.2) is 32.2 Å². The van der Waals surface area contributed by atoms with Crippen LogP contribution in [0.15, 0.2) is 24.3 Å². The lowest BCUT2D eigenvalue weighted by Crippen LogP contribution is -2.41. The zero-order valence-electron chi connectivity index (χ0n) is 13.2. The predicted molar refractivity (Wildman–Crippen MR) is 85.6 cm³/mol. The van der Waals surface area contributed by atoms with Gasteiger partial charge in [-0.2, -0.15) is 0 Å². The van der Waals surface area contributed by atoms with E-state index in [2.05, 4.69) is 24.5 Å². The third kappa shape index (κ3) is 3.97. The van der Waals surface area contributed by atoms with E-state index in [1.807, 2.05) is 31.3 Å². The maximum Gasteiger partial charge on any atom is 0.253 e. The summed E-state index contributed by atoms with van der Waals surface area (Å²) in [5.74, 6) is 0.870. The van der Waals surface area contributed by atoms with Gasteiger partial charge in [0.2, 0.25) is 0 Å². The van der Waals surface area contributed by atoms with Gasteiger partial charge in [-0.1, -0.05) is 26.0 Å². The van der Waals surface area contributed by atoms with E-state index in [0.29, 0.717) is 23.9 Å². The highest BCUT2D eigenvalue weighted by Crippen LogP contribution is 2.26. The summed E-state index contributed by atoms with van der Waals surface area (Å²) in [5, 5.41) is 6.13. The van der Waals surface area contributed by atoms with Gasteiger partial charge in [-0.3, -0.25) is 4.79 Å². The van der Waals surface area contributed by atoms with Gasteiger partial charge < -0.3 is 15.4 Å². The number of para-hydroxylation sites is 1. The van der Waals surface area contributed by atoms with Crippen LogP contribution in [0.25, 0.3) is 0 Å². The van der Waals surface area contributed by atoms with E-state index in [1.165, 1.54) is 0 Å². The predicted octanol–water partition coefficient (Wildman–Crippen LogP) is 2.91. The van der Waals surface area contributed by atoms with Crippen LogP contribution in [0.3, 0.4) is 0 Å². The fourth-order valence-corrected chi connectivity index (χ4v) is 3.04. The molecule has 4 nitrogen and oxygen atoms in total. The van der Waals surface area contributed by atoms with E-state index in [9.17, 15) is 4.79 Å². The molecule has 1 heterocycles. The van der Waals surface area contributed by atoms with Crippen LogP contribution >= 0.6 is 0 Å². The minimum absolute atomic E-state index is 0.0203. The first kappa shape index (κ1) is 15.8. The minimum Gasteiger partial charge on any atom is -0.387 e. The number of nitrogens with one attached hydrogen (secondary N) is 2. The van der Waals surface area contributed by atoms with Crippen molar-refractivity contribution in [3.05, 3.63) is 29.8 Å². The molecule has 21 heavy (non-hydrogen) atoms. The van der Waals surface area contributed by atoms with Crippen LogP contribution in [-0.2, 0) is 4.74 Å². The van der Waals surface area contributed by atoms with Crippen molar-refractivity contribution in [3.8, 4) is 0 Å². The Morgan fingerprint density at radius 2 is 2.14 bits per heavy atom. The molecule has 0 saturated carbocycles. The number of hydrogen-bond donors (Lipinski definition) is 2. The summed E-state index contributed by atoms with van der Waals surface area (Å²) in [5.41, 5.74) is 1.55. The summed E-state index contributed by atoms with van der Waals surface area (Å²) in [4.78, 5) is 12.4. The van der Waals surface area contributed by atoms with Crippen LogP contribution < -0.4 is 10.6 Å². The molecule has 1 aliphatic rings. The lowest BCUT2D eigenvalue weighted by Gasteiger charge is -2.34. The molecule has 116 valence electrons. The Labute approximate surface area is 127 Å². The van der Waals surface area contributed by atoms with Gasteiger partial charge in [0.15, 0.2) is 0 Å². The molecule has 1 aliphatic heterocycles. The van der Waals surface area contributed by atoms with Gasteiger partial charge in [0.1, 0.15) is 0 Å². The summed E-state index contributed by atoms with van der Waals surface area (Å²) in [6, 6.07) is 7.57. The zero-order valence-corrected chi connectivity index (χ0v) is 13.2. The quantitative estimate of drug-likeness (QED) is 0.876. The first-order valence-corrected chi connectivity index (χ1v) is 7.80. The number of carbonyl (C=O) groups excluding carboxylic acids is 1. The number of amides is 1. The normalized spacial score (nSPS) is 22.1. The lowest BCUT2D eigenvalue weighted by molar-refractivity contribution is -0.0510. The zero-order chi connectivity index (χ0) is 15.2.